The van der Waals surface area contributed by atoms with Gasteiger partial charge in [-0.25, -0.2) is 4.57 Å². The molecular weight excluding hydrogens is 750 g/mol. The van der Waals surface area contributed by atoms with Gasteiger partial charge in [0.05, 0.1) is 26.2 Å². The highest BCUT2D eigenvalue weighted by molar-refractivity contribution is 7.47. The van der Waals surface area contributed by atoms with Crippen LogP contribution in [-0.4, -0.2) is 73.4 Å². The lowest BCUT2D eigenvalue weighted by molar-refractivity contribution is -0.925. The quantitative estimate of drug-likeness (QED) is 0.0279. The summed E-state index contributed by atoms with van der Waals surface area (Å²) >= 11 is 0. The van der Waals surface area contributed by atoms with Crippen molar-refractivity contribution in [3.05, 3.63) is 0 Å². The number of carbonyl (C=O) groups is 2. The van der Waals surface area contributed by atoms with E-state index >= 15 is 0 Å². The molecular formula is C48H97NO8P+. The average molecular weight is 847 g/mol. The molecule has 0 radical (unpaired) electrons. The second-order valence-electron chi connectivity index (χ2n) is 17.2. The van der Waals surface area contributed by atoms with E-state index in [-0.39, 0.29) is 32.2 Å². The molecule has 10 heteroatoms. The molecule has 0 aromatic rings. The van der Waals surface area contributed by atoms with Crippen molar-refractivity contribution in [1.82, 2.24) is 0 Å². The van der Waals surface area contributed by atoms with Gasteiger partial charge in [0.15, 0.2) is 6.10 Å². The van der Waals surface area contributed by atoms with Crippen molar-refractivity contribution < 1.29 is 42.1 Å². The van der Waals surface area contributed by atoms with Gasteiger partial charge in [0.2, 0.25) is 0 Å². The Morgan fingerprint density at radius 2 is 0.828 bits per heavy atom. The normalized spacial score (nSPS) is 13.4. The van der Waals surface area contributed by atoms with E-state index in [0.717, 1.165) is 69.1 Å². The highest BCUT2D eigenvalue weighted by atomic mass is 31.2. The minimum Gasteiger partial charge on any atom is -0.462 e. The molecule has 0 spiro atoms. The third-order valence-corrected chi connectivity index (χ3v) is 13.0. The molecule has 0 aliphatic heterocycles. The van der Waals surface area contributed by atoms with Gasteiger partial charge in [0.1, 0.15) is 19.8 Å². The molecule has 0 heterocycles. The van der Waals surface area contributed by atoms with Crippen LogP contribution < -0.4 is 0 Å². The van der Waals surface area contributed by atoms with E-state index in [9.17, 15) is 19.0 Å². The number of phosphoric ester groups is 1. The van der Waals surface area contributed by atoms with Gasteiger partial charge in [-0.3, -0.25) is 18.6 Å². The summed E-state index contributed by atoms with van der Waals surface area (Å²) in [7, 11) is -4.40. The van der Waals surface area contributed by atoms with E-state index in [1.165, 1.54) is 154 Å². The topological polar surface area (TPSA) is 108 Å². The molecule has 0 bridgehead atoms. The van der Waals surface area contributed by atoms with Crippen molar-refractivity contribution in [1.29, 1.82) is 0 Å². The molecule has 0 rings (SSSR count). The Bertz CT molecular complexity index is 962. The molecule has 58 heavy (non-hydrogen) atoms. The first-order chi connectivity index (χ1) is 28.2. The molecule has 0 aromatic heterocycles. The highest BCUT2D eigenvalue weighted by Gasteiger charge is 2.29. The van der Waals surface area contributed by atoms with Gasteiger partial charge in [0.25, 0.3) is 0 Å². The highest BCUT2D eigenvalue weighted by Crippen LogP contribution is 2.43. The molecule has 0 amide bonds. The van der Waals surface area contributed by atoms with Gasteiger partial charge in [0, 0.05) is 12.8 Å². The van der Waals surface area contributed by atoms with E-state index in [1.54, 1.807) is 0 Å². The van der Waals surface area contributed by atoms with Crippen LogP contribution in [0, 0.1) is 0 Å². The number of carbonyl (C=O) groups excluding carboxylic acids is 2. The van der Waals surface area contributed by atoms with Crippen molar-refractivity contribution in [2.45, 2.75) is 253 Å². The molecule has 0 fully saturated rings. The zero-order chi connectivity index (χ0) is 42.8. The van der Waals surface area contributed by atoms with Crippen LogP contribution in [-0.2, 0) is 32.7 Å². The lowest BCUT2D eigenvalue weighted by Crippen LogP contribution is -2.50. The number of quaternary nitrogens is 1. The van der Waals surface area contributed by atoms with Gasteiger partial charge in [-0.05, 0) is 33.1 Å². The number of likely N-dealkylation sites (N-methyl/N-ethyl adjacent to an activating group) is 1. The second-order valence-corrected chi connectivity index (χ2v) is 18.7. The third-order valence-electron chi connectivity index (χ3n) is 12.0. The fourth-order valence-electron chi connectivity index (χ4n) is 7.91. The standard InChI is InChI=1S/C48H96NO8P/c1-6-11-13-15-17-19-21-23-25-27-29-31-33-35-37-39-47(50)54-44-46(45-56-58(52,53)55-43-42-49(9-4,10-5)41-8-3)57-48(51)40-38-36-34-32-30-28-26-24-22-20-18-16-14-12-7-2/h46H,6-45H2,1-5H3/p+1. The number of hydrogen-bond acceptors (Lipinski definition) is 7. The summed E-state index contributed by atoms with van der Waals surface area (Å²) in [5.41, 5.74) is 0. The molecule has 0 saturated carbocycles. The Kier molecular flexibility index (Phi) is 40.7. The molecule has 2 atom stereocenters. The molecule has 9 nitrogen and oxygen atoms in total. The molecule has 2 unspecified atom stereocenters. The Morgan fingerprint density at radius 3 is 1.19 bits per heavy atom. The smallest absolute Gasteiger partial charge is 0.462 e. The minimum absolute atomic E-state index is 0.0767. The Labute approximate surface area is 359 Å². The molecule has 0 aliphatic carbocycles. The Hall–Kier alpha value is -0.990. The van der Waals surface area contributed by atoms with Crippen LogP contribution in [0.3, 0.4) is 0 Å². The second kappa shape index (κ2) is 41.4. The predicted octanol–water partition coefficient (Wildman–Crippen LogP) is 14.4. The fourth-order valence-corrected chi connectivity index (χ4v) is 8.65. The van der Waals surface area contributed by atoms with Gasteiger partial charge >= 0.3 is 19.8 Å². The van der Waals surface area contributed by atoms with Crippen molar-refractivity contribution in [2.24, 2.45) is 0 Å². The number of unbranched alkanes of at least 4 members (excludes halogenated alkanes) is 28. The van der Waals surface area contributed by atoms with Crippen LogP contribution >= 0.6 is 7.82 Å². The number of esters is 2. The fraction of sp³-hybridized carbons (Fsp3) is 0.958. The van der Waals surface area contributed by atoms with Crippen LogP contribution in [0.15, 0.2) is 0 Å². The Balaban J connectivity index is 4.53. The summed E-state index contributed by atoms with van der Waals surface area (Å²) in [6.45, 7) is 13.8. The average Bonchev–Trinajstić information content (AvgIpc) is 3.21. The third kappa shape index (κ3) is 36.8. The van der Waals surface area contributed by atoms with Crippen LogP contribution in [0.25, 0.3) is 0 Å². The zero-order valence-electron chi connectivity index (χ0n) is 39.1. The van der Waals surface area contributed by atoms with E-state index in [0.29, 0.717) is 13.0 Å². The summed E-state index contributed by atoms with van der Waals surface area (Å²) < 4.78 is 35.4. The SMILES string of the molecule is CCCCCCCCCCCCCCCCCC(=O)OCC(COP(=O)(O)OCC[N+](CC)(CC)CCC)OC(=O)CCCCCCCCCCCCCCCCC. The minimum atomic E-state index is -4.40. The maximum atomic E-state index is 12.8. The van der Waals surface area contributed by atoms with Crippen LogP contribution in [0.2, 0.25) is 0 Å². The summed E-state index contributed by atoms with van der Waals surface area (Å²) in [6.07, 6.45) is 38.1. The van der Waals surface area contributed by atoms with E-state index in [4.69, 9.17) is 18.5 Å². The van der Waals surface area contributed by atoms with Crippen LogP contribution in [0.4, 0.5) is 0 Å². The zero-order valence-corrected chi connectivity index (χ0v) is 40.0. The summed E-state index contributed by atoms with van der Waals surface area (Å²) in [5.74, 6) is -0.770. The van der Waals surface area contributed by atoms with Gasteiger partial charge in [-0.15, -0.1) is 0 Å². The van der Waals surface area contributed by atoms with Gasteiger partial charge in [-0.1, -0.05) is 201 Å². The van der Waals surface area contributed by atoms with E-state index in [1.807, 2.05) is 0 Å². The van der Waals surface area contributed by atoms with Crippen molar-refractivity contribution in [2.75, 3.05) is 46.0 Å². The number of nitrogens with zero attached hydrogens (tertiary/aromatic N) is 1. The molecule has 1 N–H and O–H groups in total. The largest absolute Gasteiger partial charge is 0.472 e. The summed E-state index contributed by atoms with van der Waals surface area (Å²) in [4.78, 5) is 35.9. The summed E-state index contributed by atoms with van der Waals surface area (Å²) in [5, 5.41) is 0. The van der Waals surface area contributed by atoms with Crippen LogP contribution in [0.1, 0.15) is 247 Å². The lowest BCUT2D eigenvalue weighted by Gasteiger charge is -2.36. The lowest BCUT2D eigenvalue weighted by atomic mass is 10.0. The van der Waals surface area contributed by atoms with Crippen LogP contribution in [0.5, 0.6) is 0 Å². The maximum absolute atomic E-state index is 12.8. The molecule has 346 valence electrons. The number of hydrogen-bond donors (Lipinski definition) is 1. The molecule has 0 saturated heterocycles. The predicted molar refractivity (Wildman–Crippen MR) is 243 cm³/mol. The monoisotopic (exact) mass is 847 g/mol. The van der Waals surface area contributed by atoms with Gasteiger partial charge < -0.3 is 18.9 Å². The molecule has 0 aromatic carbocycles. The molecule has 0 aliphatic rings. The first kappa shape index (κ1) is 57.0. The maximum Gasteiger partial charge on any atom is 0.472 e. The first-order valence-electron chi connectivity index (χ1n) is 25.0. The Morgan fingerprint density at radius 1 is 0.466 bits per heavy atom. The van der Waals surface area contributed by atoms with Gasteiger partial charge in [-0.2, -0.15) is 0 Å². The van der Waals surface area contributed by atoms with E-state index < -0.39 is 19.9 Å². The number of rotatable bonds is 46. The number of ether oxygens (including phenoxy) is 2. The van der Waals surface area contributed by atoms with E-state index in [2.05, 4.69) is 34.6 Å². The van der Waals surface area contributed by atoms with Crippen molar-refractivity contribution in [3.8, 4) is 0 Å². The summed E-state index contributed by atoms with van der Waals surface area (Å²) in [6, 6.07) is 0. The van der Waals surface area contributed by atoms with Crippen molar-refractivity contribution in [3.63, 3.8) is 0 Å². The number of phosphoric acid groups is 1. The van der Waals surface area contributed by atoms with Crippen molar-refractivity contribution >= 4 is 19.8 Å². The first-order valence-corrected chi connectivity index (χ1v) is 26.5.